The fourth-order valence-electron chi connectivity index (χ4n) is 3.12. The Balaban J connectivity index is 1.54. The lowest BCUT2D eigenvalue weighted by Crippen LogP contribution is -2.36. The van der Waals surface area contributed by atoms with E-state index in [1.165, 1.54) is 23.3 Å². The fourth-order valence-corrected chi connectivity index (χ4v) is 4.01. The van der Waals surface area contributed by atoms with Gasteiger partial charge < -0.3 is 9.80 Å². The summed E-state index contributed by atoms with van der Waals surface area (Å²) >= 11 is 1.78. The smallest absolute Gasteiger partial charge is 0.272 e. The number of carbonyl (C=O) groups excluding carboxylic acids is 1. The molecule has 2 aromatic rings. The van der Waals surface area contributed by atoms with E-state index in [1.807, 2.05) is 4.90 Å². The lowest BCUT2D eigenvalue weighted by Gasteiger charge is -2.27. The predicted octanol–water partition coefficient (Wildman–Crippen LogP) is 2.34. The first-order chi connectivity index (χ1) is 10.8. The minimum atomic E-state index is 0.0136. The number of amides is 1. The molecule has 0 unspecified atom stereocenters. The van der Waals surface area contributed by atoms with E-state index in [2.05, 4.69) is 26.3 Å². The van der Waals surface area contributed by atoms with Gasteiger partial charge in [0.2, 0.25) is 5.95 Å². The maximum atomic E-state index is 12.7. The SMILES string of the molecule is O=C(c1ccnc(N2CCCC2)n1)N1CCc2sccc2C1. The third-order valence-electron chi connectivity index (χ3n) is 4.35. The van der Waals surface area contributed by atoms with Gasteiger partial charge in [0.05, 0.1) is 0 Å². The largest absolute Gasteiger partial charge is 0.341 e. The zero-order valence-corrected chi connectivity index (χ0v) is 13.2. The molecule has 0 atom stereocenters. The van der Waals surface area contributed by atoms with Gasteiger partial charge in [0.1, 0.15) is 5.69 Å². The summed E-state index contributed by atoms with van der Waals surface area (Å²) in [5, 5.41) is 2.11. The molecule has 22 heavy (non-hydrogen) atoms. The average molecular weight is 314 g/mol. The molecule has 1 saturated heterocycles. The minimum Gasteiger partial charge on any atom is -0.341 e. The first kappa shape index (κ1) is 13.7. The normalized spacial score (nSPS) is 17.6. The van der Waals surface area contributed by atoms with Crippen molar-refractivity contribution < 1.29 is 4.79 Å². The zero-order valence-electron chi connectivity index (χ0n) is 12.4. The van der Waals surface area contributed by atoms with Crippen molar-refractivity contribution in [1.82, 2.24) is 14.9 Å². The van der Waals surface area contributed by atoms with Crippen LogP contribution in [0.15, 0.2) is 23.7 Å². The molecule has 4 heterocycles. The molecular formula is C16H18N4OS. The van der Waals surface area contributed by atoms with Crippen molar-refractivity contribution >= 4 is 23.2 Å². The summed E-state index contributed by atoms with van der Waals surface area (Å²) in [6.45, 7) is 3.44. The Morgan fingerprint density at radius 1 is 1.18 bits per heavy atom. The Morgan fingerprint density at radius 2 is 2.05 bits per heavy atom. The summed E-state index contributed by atoms with van der Waals surface area (Å²) in [6.07, 6.45) is 5.00. The van der Waals surface area contributed by atoms with Crippen molar-refractivity contribution in [3.8, 4) is 0 Å². The van der Waals surface area contributed by atoms with Crippen LogP contribution >= 0.6 is 11.3 Å². The molecule has 0 aromatic carbocycles. The van der Waals surface area contributed by atoms with E-state index in [1.54, 1.807) is 23.6 Å². The highest BCUT2D eigenvalue weighted by molar-refractivity contribution is 7.10. The second kappa shape index (κ2) is 5.68. The van der Waals surface area contributed by atoms with Crippen molar-refractivity contribution in [1.29, 1.82) is 0 Å². The molecule has 2 aromatic heterocycles. The van der Waals surface area contributed by atoms with Gasteiger partial charge in [-0.3, -0.25) is 4.79 Å². The number of anilines is 1. The van der Waals surface area contributed by atoms with Crippen molar-refractivity contribution in [3.63, 3.8) is 0 Å². The Kier molecular flexibility index (Phi) is 3.54. The van der Waals surface area contributed by atoms with Gasteiger partial charge in [-0.05, 0) is 42.3 Å². The predicted molar refractivity (Wildman–Crippen MR) is 86.2 cm³/mol. The average Bonchev–Trinajstić information content (AvgIpc) is 3.25. The van der Waals surface area contributed by atoms with E-state index in [9.17, 15) is 4.79 Å². The molecule has 5 nitrogen and oxygen atoms in total. The third-order valence-corrected chi connectivity index (χ3v) is 5.37. The summed E-state index contributed by atoms with van der Waals surface area (Å²) in [5.41, 5.74) is 1.79. The maximum absolute atomic E-state index is 12.7. The summed E-state index contributed by atoms with van der Waals surface area (Å²) in [7, 11) is 0. The molecule has 0 aliphatic carbocycles. The number of carbonyl (C=O) groups is 1. The Hall–Kier alpha value is -1.95. The molecule has 0 radical (unpaired) electrons. The van der Waals surface area contributed by atoms with Gasteiger partial charge in [0, 0.05) is 37.3 Å². The van der Waals surface area contributed by atoms with Crippen LogP contribution in [0.2, 0.25) is 0 Å². The summed E-state index contributed by atoms with van der Waals surface area (Å²) < 4.78 is 0. The van der Waals surface area contributed by atoms with Crippen LogP contribution in [0.5, 0.6) is 0 Å². The van der Waals surface area contributed by atoms with Crippen molar-refractivity contribution in [2.45, 2.75) is 25.8 Å². The number of thiophene rings is 1. The first-order valence-electron chi connectivity index (χ1n) is 7.74. The summed E-state index contributed by atoms with van der Waals surface area (Å²) in [4.78, 5) is 27.0. The van der Waals surface area contributed by atoms with Gasteiger partial charge in [-0.1, -0.05) is 0 Å². The van der Waals surface area contributed by atoms with Crippen LogP contribution in [-0.2, 0) is 13.0 Å². The quantitative estimate of drug-likeness (QED) is 0.854. The van der Waals surface area contributed by atoms with Crippen LogP contribution in [-0.4, -0.2) is 40.4 Å². The van der Waals surface area contributed by atoms with Crippen LogP contribution in [0.3, 0.4) is 0 Å². The molecule has 2 aliphatic heterocycles. The number of rotatable bonds is 2. The van der Waals surface area contributed by atoms with Crippen LogP contribution in [0.25, 0.3) is 0 Å². The van der Waals surface area contributed by atoms with E-state index in [0.717, 1.165) is 26.1 Å². The van der Waals surface area contributed by atoms with E-state index in [-0.39, 0.29) is 5.91 Å². The number of nitrogens with zero attached hydrogens (tertiary/aromatic N) is 4. The monoisotopic (exact) mass is 314 g/mol. The number of hydrogen-bond acceptors (Lipinski definition) is 5. The van der Waals surface area contributed by atoms with Gasteiger partial charge in [0.15, 0.2) is 0 Å². The van der Waals surface area contributed by atoms with Gasteiger partial charge in [-0.2, -0.15) is 0 Å². The van der Waals surface area contributed by atoms with Crippen molar-refractivity contribution in [2.24, 2.45) is 0 Å². The van der Waals surface area contributed by atoms with Gasteiger partial charge in [-0.15, -0.1) is 11.3 Å². The van der Waals surface area contributed by atoms with Gasteiger partial charge in [-0.25, -0.2) is 9.97 Å². The molecule has 4 rings (SSSR count). The number of hydrogen-bond donors (Lipinski definition) is 0. The van der Waals surface area contributed by atoms with Crippen molar-refractivity contribution in [2.75, 3.05) is 24.5 Å². The lowest BCUT2D eigenvalue weighted by atomic mass is 10.1. The molecule has 1 fully saturated rings. The molecule has 1 amide bonds. The number of fused-ring (bicyclic) bond motifs is 1. The highest BCUT2D eigenvalue weighted by atomic mass is 32.1. The fraction of sp³-hybridized carbons (Fsp3) is 0.438. The Morgan fingerprint density at radius 3 is 2.91 bits per heavy atom. The molecule has 0 spiro atoms. The van der Waals surface area contributed by atoms with Crippen LogP contribution in [0.4, 0.5) is 5.95 Å². The standard InChI is InChI=1S/C16H18N4OS/c21-15(20-9-4-14-12(11-20)5-10-22-14)13-3-6-17-16(18-13)19-7-1-2-8-19/h3,5-6,10H,1-2,4,7-9,11H2. The molecule has 114 valence electrons. The highest BCUT2D eigenvalue weighted by Gasteiger charge is 2.24. The van der Waals surface area contributed by atoms with Crippen LogP contribution in [0.1, 0.15) is 33.8 Å². The van der Waals surface area contributed by atoms with E-state index >= 15 is 0 Å². The first-order valence-corrected chi connectivity index (χ1v) is 8.62. The summed E-state index contributed by atoms with van der Waals surface area (Å²) in [6, 6.07) is 3.85. The van der Waals surface area contributed by atoms with E-state index in [4.69, 9.17) is 0 Å². The minimum absolute atomic E-state index is 0.0136. The zero-order chi connectivity index (χ0) is 14.9. The molecule has 0 saturated carbocycles. The topological polar surface area (TPSA) is 49.3 Å². The second-order valence-corrected chi connectivity index (χ2v) is 6.78. The second-order valence-electron chi connectivity index (χ2n) is 5.78. The molecule has 0 bridgehead atoms. The van der Waals surface area contributed by atoms with Crippen LogP contribution < -0.4 is 4.90 Å². The van der Waals surface area contributed by atoms with Gasteiger partial charge >= 0.3 is 0 Å². The van der Waals surface area contributed by atoms with E-state index < -0.39 is 0 Å². The highest BCUT2D eigenvalue weighted by Crippen LogP contribution is 2.25. The molecule has 6 heteroatoms. The lowest BCUT2D eigenvalue weighted by molar-refractivity contribution is 0.0730. The molecule has 0 N–H and O–H groups in total. The van der Waals surface area contributed by atoms with E-state index in [0.29, 0.717) is 18.2 Å². The van der Waals surface area contributed by atoms with Gasteiger partial charge in [0.25, 0.3) is 5.91 Å². The van der Waals surface area contributed by atoms with Crippen LogP contribution in [0, 0.1) is 0 Å². The number of aromatic nitrogens is 2. The Bertz CT molecular complexity index is 693. The Labute approximate surface area is 133 Å². The molecular weight excluding hydrogens is 296 g/mol. The summed E-state index contributed by atoms with van der Waals surface area (Å²) in [5.74, 6) is 0.705. The molecule has 2 aliphatic rings. The third kappa shape index (κ3) is 2.47. The maximum Gasteiger partial charge on any atom is 0.272 e. The van der Waals surface area contributed by atoms with Crippen molar-refractivity contribution in [3.05, 3.63) is 39.8 Å².